The maximum atomic E-state index is 11.6. The van der Waals surface area contributed by atoms with Crippen molar-refractivity contribution in [3.05, 3.63) is 24.6 Å². The van der Waals surface area contributed by atoms with Crippen LogP contribution in [0.25, 0.3) is 0 Å². The molecule has 3 rings (SSSR count). The molecule has 3 aliphatic heterocycles. The number of unbranched alkanes of at least 4 members (excludes halogenated alkanes) is 1. The first-order valence-corrected chi connectivity index (χ1v) is 23.3. The molecule has 3 heterocycles. The van der Waals surface area contributed by atoms with Gasteiger partial charge in [-0.15, -0.1) is 15.2 Å². The molecule has 0 aromatic carbocycles. The van der Waals surface area contributed by atoms with E-state index in [1.165, 1.54) is 0 Å². The lowest BCUT2D eigenvalue weighted by molar-refractivity contribution is -0.197. The zero-order valence-electron chi connectivity index (χ0n) is 31.2. The Bertz CT molecular complexity index is 1460. The highest BCUT2D eigenvalue weighted by Gasteiger charge is 2.37. The van der Waals surface area contributed by atoms with Gasteiger partial charge >= 0.3 is 26.8 Å². The van der Waals surface area contributed by atoms with Gasteiger partial charge in [-0.1, -0.05) is 81.9 Å². The van der Waals surface area contributed by atoms with Crippen molar-refractivity contribution in [3.63, 3.8) is 0 Å². The van der Waals surface area contributed by atoms with E-state index in [0.717, 1.165) is 24.9 Å². The van der Waals surface area contributed by atoms with Gasteiger partial charge in [-0.05, 0) is 45.1 Å². The second-order valence-electron chi connectivity index (χ2n) is 11.5. The first-order valence-electron chi connectivity index (χ1n) is 16.7. The summed E-state index contributed by atoms with van der Waals surface area (Å²) in [6.45, 7) is 14.8. The van der Waals surface area contributed by atoms with E-state index in [1.54, 1.807) is 6.92 Å². The molecule has 3 unspecified atom stereocenters. The Hall–Kier alpha value is -2.59. The van der Waals surface area contributed by atoms with Crippen molar-refractivity contribution in [2.24, 2.45) is 5.92 Å². The number of rotatable bonds is 13. The molecular formula is C31H52BN3O13P3S3+. The number of imide groups is 1. The third-order valence-electron chi connectivity index (χ3n) is 6.69. The maximum Gasteiger partial charge on any atom is 0.456 e. The molecule has 16 nitrogen and oxygen atoms in total. The van der Waals surface area contributed by atoms with E-state index in [0.29, 0.717) is 66.0 Å². The van der Waals surface area contributed by atoms with E-state index in [1.807, 2.05) is 20.8 Å². The number of carbonyl (C=O) groups excluding carboxylic acids is 7. The second kappa shape index (κ2) is 30.6. The minimum absolute atomic E-state index is 0. The summed E-state index contributed by atoms with van der Waals surface area (Å²) in [5.74, 6) is -3.16. The molecule has 3 fully saturated rings. The molecule has 2 radical (unpaired) electrons. The average Bonchev–Trinajstić information content (AvgIpc) is 3.68. The van der Waals surface area contributed by atoms with Gasteiger partial charge in [0.05, 0.1) is 18.6 Å². The Morgan fingerprint density at radius 1 is 0.870 bits per heavy atom. The molecule has 0 spiro atoms. The van der Waals surface area contributed by atoms with Crippen LogP contribution in [-0.4, -0.2) is 83.8 Å². The fourth-order valence-electron chi connectivity index (χ4n) is 3.97. The summed E-state index contributed by atoms with van der Waals surface area (Å²) >= 11 is 8.46. The van der Waals surface area contributed by atoms with Gasteiger partial charge in [0.2, 0.25) is 0 Å². The van der Waals surface area contributed by atoms with Gasteiger partial charge in [0, 0.05) is 38.5 Å². The normalized spacial score (nSPS) is 15.9. The van der Waals surface area contributed by atoms with Crippen LogP contribution in [0.2, 0.25) is 0 Å². The van der Waals surface area contributed by atoms with Crippen molar-refractivity contribution in [1.29, 1.82) is 1.28 Å². The SMILES string of the molecule is C.C=C1CCC(=O)N1OC(=O)C(CCC)S(=O)(=O)O.C=C1CCC(=O)N1OC(=O)CCCC.CC(C)CCC(=O)ON1C(=O)CCC1=O.PP=S.[2H][P+]([B])=S. The van der Waals surface area contributed by atoms with E-state index in [-0.39, 0.29) is 51.4 Å². The minimum atomic E-state index is -4.55. The smallest absolute Gasteiger partial charge is 0.334 e. The average molecular weight is 876 g/mol. The first-order chi connectivity index (χ1) is 25.1. The zero-order valence-corrected chi connectivity index (χ0v) is 35.6. The quantitative estimate of drug-likeness (QED) is 0.105. The zero-order chi connectivity index (χ0) is 42.2. The van der Waals surface area contributed by atoms with Gasteiger partial charge in [-0.25, -0.2) is 14.4 Å². The van der Waals surface area contributed by atoms with Gasteiger partial charge in [-0.2, -0.15) is 8.42 Å². The highest BCUT2D eigenvalue weighted by molar-refractivity contribution is 8.24. The van der Waals surface area contributed by atoms with Crippen molar-refractivity contribution in [1.82, 2.24) is 15.2 Å². The van der Waals surface area contributed by atoms with E-state index in [2.05, 4.69) is 62.9 Å². The molecule has 304 valence electrons. The molecule has 3 saturated heterocycles. The third-order valence-corrected chi connectivity index (χ3v) is 7.84. The molecule has 1 N–H and O–H groups in total. The summed E-state index contributed by atoms with van der Waals surface area (Å²) < 4.78 is 37.2. The van der Waals surface area contributed by atoms with Crippen LogP contribution in [0.3, 0.4) is 0 Å². The second-order valence-corrected chi connectivity index (χ2v) is 16.6. The van der Waals surface area contributed by atoms with E-state index < -0.39 is 52.2 Å². The molecule has 0 bridgehead atoms. The summed E-state index contributed by atoms with van der Waals surface area (Å²) in [5, 5.41) is 0.625. The van der Waals surface area contributed by atoms with Crippen LogP contribution in [0.4, 0.5) is 0 Å². The topological polar surface area (TPSA) is 211 Å². The van der Waals surface area contributed by atoms with Gasteiger partial charge in [-0.3, -0.25) is 23.7 Å². The monoisotopic (exact) mass is 875 g/mol. The van der Waals surface area contributed by atoms with Crippen LogP contribution < -0.4 is 0 Å². The first kappa shape index (κ1) is 53.5. The van der Waals surface area contributed by atoms with Gasteiger partial charge < -0.3 is 14.5 Å². The molecule has 3 aliphatic rings. The lowest BCUT2D eigenvalue weighted by atomic mass is 10.1. The number of carbonyl (C=O) groups is 7. The Morgan fingerprint density at radius 2 is 1.24 bits per heavy atom. The molecule has 54 heavy (non-hydrogen) atoms. The van der Waals surface area contributed by atoms with Crippen LogP contribution in [0, 0.1) is 5.92 Å². The van der Waals surface area contributed by atoms with Crippen molar-refractivity contribution < 1.29 is 61.0 Å². The molecule has 0 aromatic rings. The number of nitrogens with zero attached hydrogens (tertiary/aromatic N) is 3. The molecule has 3 atom stereocenters. The molecule has 0 aromatic heterocycles. The largest absolute Gasteiger partial charge is 0.456 e. The summed E-state index contributed by atoms with van der Waals surface area (Å²) in [6, 6.07) is 0. The number of allylic oxidation sites excluding steroid dienone is 2. The Kier molecular flexibility index (Phi) is 30.3. The Morgan fingerprint density at radius 3 is 1.59 bits per heavy atom. The molecular weight excluding hydrogens is 822 g/mol. The maximum absolute atomic E-state index is 11.6. The predicted molar refractivity (Wildman–Crippen MR) is 216 cm³/mol. The van der Waals surface area contributed by atoms with Crippen molar-refractivity contribution in [3.8, 4) is 0 Å². The lowest BCUT2D eigenvalue weighted by Gasteiger charge is -2.18. The van der Waals surface area contributed by atoms with Gasteiger partial charge in [0.15, 0.2) is 5.25 Å². The molecule has 0 saturated carbocycles. The van der Waals surface area contributed by atoms with Crippen LogP contribution >= 0.6 is 23.2 Å². The van der Waals surface area contributed by atoms with Crippen LogP contribution in [0.1, 0.15) is 119 Å². The van der Waals surface area contributed by atoms with Gasteiger partial charge in [0.25, 0.3) is 33.7 Å². The Balaban J connectivity index is -0.000000676. The summed E-state index contributed by atoms with van der Waals surface area (Å²) in [6.07, 6.45) is 5.05. The third kappa shape index (κ3) is 23.4. The summed E-state index contributed by atoms with van der Waals surface area (Å²) in [5.41, 5.74) is 0.860. The highest BCUT2D eigenvalue weighted by atomic mass is 32.6. The van der Waals surface area contributed by atoms with Crippen LogP contribution in [0.15, 0.2) is 24.6 Å². The van der Waals surface area contributed by atoms with E-state index in [9.17, 15) is 42.0 Å². The highest BCUT2D eigenvalue weighted by Crippen LogP contribution is 2.23. The number of hydroxylamine groups is 6. The molecule has 4 amide bonds. The van der Waals surface area contributed by atoms with Gasteiger partial charge in [0.1, 0.15) is 11.8 Å². The Labute approximate surface area is 336 Å². The molecule has 0 aliphatic carbocycles. The van der Waals surface area contributed by atoms with Crippen LogP contribution in [0.5, 0.6) is 0 Å². The fourth-order valence-corrected chi connectivity index (χ4v) is 4.79. The van der Waals surface area contributed by atoms with Crippen molar-refractivity contribution in [2.45, 2.75) is 124 Å². The van der Waals surface area contributed by atoms with Crippen LogP contribution in [-0.2, 0) is 81.8 Å². The van der Waals surface area contributed by atoms with E-state index in [4.69, 9.17) is 10.7 Å². The predicted octanol–water partition coefficient (Wildman–Crippen LogP) is 5.47. The van der Waals surface area contributed by atoms with Crippen molar-refractivity contribution in [2.75, 3.05) is 0 Å². The van der Waals surface area contributed by atoms with E-state index >= 15 is 0 Å². The lowest BCUT2D eigenvalue weighted by Crippen LogP contribution is -2.37. The molecule has 23 heteroatoms. The summed E-state index contributed by atoms with van der Waals surface area (Å²) in [7, 11) is 2.11. The number of amides is 4. The van der Waals surface area contributed by atoms with Crippen molar-refractivity contribution >= 4 is 106 Å². The minimum Gasteiger partial charge on any atom is -0.334 e. The standard InChI is InChI=1S/C10H15NO6S.C10H15NO4.C10H15NO3.CH4.BHPS.H2P2S/c1-3-4-8(18(14,15)16)10(13)17-11-7(2)5-6-9(11)12;1-7(2)3-6-10(14)15-11-8(12)4-5-9(11)13;1-3-4-5-10(13)14-11-8(2)6-7-9(11)12;;2*1-2-3/h8H,2-6H2,1H3,(H,14,15,16);7H,3-6H2,1-2H3;2-7H2,1H3;1H4;2H;1H2/q;;;;+1;/i;;;;2D;. The number of hydrogen-bond acceptors (Lipinski definition) is 14. The summed E-state index contributed by atoms with van der Waals surface area (Å²) in [4.78, 5) is 93.0. The number of hydrogen-bond donors (Lipinski definition) is 1. The fraction of sp³-hybridized carbons (Fsp3) is 0.645.